The third-order valence-corrected chi connectivity index (χ3v) is 6.84. The minimum atomic E-state index is 0.0137. The van der Waals surface area contributed by atoms with Crippen molar-refractivity contribution in [3.05, 3.63) is 59.7 Å². The monoisotopic (exact) mass is 434 g/mol. The van der Waals surface area contributed by atoms with Crippen LogP contribution in [0.2, 0.25) is 0 Å². The minimum absolute atomic E-state index is 0.0137. The summed E-state index contributed by atoms with van der Waals surface area (Å²) in [6.45, 7) is 2.49. The zero-order valence-corrected chi connectivity index (χ0v) is 18.9. The van der Waals surface area contributed by atoms with Crippen LogP contribution in [0.25, 0.3) is 0 Å². The maximum absolute atomic E-state index is 12.8. The number of hydrogen-bond donors (Lipinski definition) is 2. The lowest BCUT2D eigenvalue weighted by Crippen LogP contribution is -2.42. The molecule has 0 bridgehead atoms. The molecule has 2 aliphatic carbocycles. The summed E-state index contributed by atoms with van der Waals surface area (Å²) in [7, 11) is 0. The third-order valence-electron chi connectivity index (χ3n) is 6.84. The molecule has 0 spiro atoms. The SMILES string of the molecule is Cc1ccc(Oc2ccccc2CNC(=O)C2CCC(NC(=O)C3CCCC3)CC2)cc1. The summed E-state index contributed by atoms with van der Waals surface area (Å²) in [6.07, 6.45) is 7.80. The second kappa shape index (κ2) is 10.7. The average Bonchev–Trinajstić information content (AvgIpc) is 3.36. The molecule has 2 aliphatic rings. The fourth-order valence-electron chi connectivity index (χ4n) is 4.82. The number of ether oxygens (including phenoxy) is 1. The highest BCUT2D eigenvalue weighted by atomic mass is 16.5. The number of para-hydroxylation sites is 1. The van der Waals surface area contributed by atoms with Crippen molar-refractivity contribution in [1.82, 2.24) is 10.6 Å². The van der Waals surface area contributed by atoms with E-state index in [2.05, 4.69) is 10.6 Å². The maximum Gasteiger partial charge on any atom is 0.223 e. The summed E-state index contributed by atoms with van der Waals surface area (Å²) < 4.78 is 6.04. The van der Waals surface area contributed by atoms with Crippen molar-refractivity contribution in [2.45, 2.75) is 70.9 Å². The van der Waals surface area contributed by atoms with Gasteiger partial charge < -0.3 is 15.4 Å². The molecule has 2 saturated carbocycles. The average molecular weight is 435 g/mol. The molecular weight excluding hydrogens is 400 g/mol. The van der Waals surface area contributed by atoms with Crippen LogP contribution in [0.5, 0.6) is 11.5 Å². The molecule has 4 rings (SSSR count). The predicted molar refractivity (Wildman–Crippen MR) is 125 cm³/mol. The predicted octanol–water partition coefficient (Wildman–Crippen LogP) is 5.27. The molecule has 170 valence electrons. The zero-order valence-electron chi connectivity index (χ0n) is 18.9. The van der Waals surface area contributed by atoms with E-state index in [1.807, 2.05) is 55.5 Å². The van der Waals surface area contributed by atoms with Crippen LogP contribution in [0.15, 0.2) is 48.5 Å². The van der Waals surface area contributed by atoms with Gasteiger partial charge in [0.2, 0.25) is 11.8 Å². The van der Waals surface area contributed by atoms with Crippen LogP contribution in [-0.2, 0) is 16.1 Å². The van der Waals surface area contributed by atoms with Gasteiger partial charge in [0.25, 0.3) is 0 Å². The number of carbonyl (C=O) groups is 2. The summed E-state index contributed by atoms with van der Waals surface area (Å²) in [5.41, 5.74) is 2.14. The van der Waals surface area contributed by atoms with Gasteiger partial charge in [-0.15, -0.1) is 0 Å². The molecule has 0 atom stereocenters. The molecule has 32 heavy (non-hydrogen) atoms. The summed E-state index contributed by atoms with van der Waals surface area (Å²) in [5, 5.41) is 6.32. The van der Waals surface area contributed by atoms with Crippen LogP contribution in [0.4, 0.5) is 0 Å². The molecule has 2 aromatic carbocycles. The van der Waals surface area contributed by atoms with Crippen LogP contribution >= 0.6 is 0 Å². The van der Waals surface area contributed by atoms with Crippen molar-refractivity contribution in [2.75, 3.05) is 0 Å². The molecule has 0 aromatic heterocycles. The number of rotatable bonds is 7. The fourth-order valence-corrected chi connectivity index (χ4v) is 4.82. The van der Waals surface area contributed by atoms with Crippen molar-refractivity contribution in [3.8, 4) is 11.5 Å². The second-order valence-corrected chi connectivity index (χ2v) is 9.28. The Morgan fingerprint density at radius 1 is 0.844 bits per heavy atom. The lowest BCUT2D eigenvalue weighted by atomic mass is 9.85. The highest BCUT2D eigenvalue weighted by molar-refractivity contribution is 5.80. The number of aryl methyl sites for hydroxylation is 1. The van der Waals surface area contributed by atoms with Crippen LogP contribution in [0.3, 0.4) is 0 Å². The summed E-state index contributed by atoms with van der Waals surface area (Å²) >= 11 is 0. The molecule has 5 heteroatoms. The molecule has 5 nitrogen and oxygen atoms in total. The molecule has 2 amide bonds. The highest BCUT2D eigenvalue weighted by Gasteiger charge is 2.29. The van der Waals surface area contributed by atoms with E-state index in [0.717, 1.165) is 55.6 Å². The van der Waals surface area contributed by atoms with Gasteiger partial charge >= 0.3 is 0 Å². The number of benzene rings is 2. The summed E-state index contributed by atoms with van der Waals surface area (Å²) in [4.78, 5) is 25.1. The normalized spacial score (nSPS) is 21.2. The van der Waals surface area contributed by atoms with Crippen LogP contribution < -0.4 is 15.4 Å². The quantitative estimate of drug-likeness (QED) is 0.624. The molecule has 0 heterocycles. The van der Waals surface area contributed by atoms with Gasteiger partial charge in [-0.2, -0.15) is 0 Å². The fraction of sp³-hybridized carbons (Fsp3) is 0.481. The molecular formula is C27H34N2O3. The third kappa shape index (κ3) is 5.90. The largest absolute Gasteiger partial charge is 0.457 e. The Hall–Kier alpha value is -2.82. The van der Waals surface area contributed by atoms with Crippen LogP contribution in [0, 0.1) is 18.8 Å². The van der Waals surface area contributed by atoms with Crippen molar-refractivity contribution < 1.29 is 14.3 Å². The molecule has 0 radical (unpaired) electrons. The van der Waals surface area contributed by atoms with E-state index in [4.69, 9.17) is 4.74 Å². The van der Waals surface area contributed by atoms with Crippen LogP contribution in [0.1, 0.15) is 62.5 Å². The first-order valence-corrected chi connectivity index (χ1v) is 12.0. The van der Waals surface area contributed by atoms with E-state index >= 15 is 0 Å². The molecule has 2 N–H and O–H groups in total. The van der Waals surface area contributed by atoms with Gasteiger partial charge in [-0.1, -0.05) is 48.7 Å². The first kappa shape index (κ1) is 22.4. The lowest BCUT2D eigenvalue weighted by Gasteiger charge is -2.29. The van der Waals surface area contributed by atoms with Crippen molar-refractivity contribution >= 4 is 11.8 Å². The standard InChI is InChI=1S/C27H34N2O3/c1-19-10-16-24(17-11-19)32-25-9-5-4-8-22(25)18-28-26(30)21-12-14-23(15-13-21)29-27(31)20-6-2-3-7-20/h4-5,8-11,16-17,20-21,23H,2-3,6-7,12-15,18H2,1H3,(H,28,30)(H,29,31). The minimum Gasteiger partial charge on any atom is -0.457 e. The number of nitrogens with one attached hydrogen (secondary N) is 2. The first-order chi connectivity index (χ1) is 15.6. The summed E-state index contributed by atoms with van der Waals surface area (Å²) in [6, 6.07) is 16.0. The first-order valence-electron chi connectivity index (χ1n) is 12.0. The van der Waals surface area contributed by atoms with Gasteiger partial charge in [-0.25, -0.2) is 0 Å². The van der Waals surface area contributed by atoms with Gasteiger partial charge in [-0.3, -0.25) is 9.59 Å². The van der Waals surface area contributed by atoms with Gasteiger partial charge in [-0.05, 0) is 63.6 Å². The number of carbonyl (C=O) groups excluding carboxylic acids is 2. The van der Waals surface area contributed by atoms with Gasteiger partial charge in [0.15, 0.2) is 0 Å². The van der Waals surface area contributed by atoms with Gasteiger partial charge in [0.05, 0.1) is 0 Å². The van der Waals surface area contributed by atoms with Crippen molar-refractivity contribution in [3.63, 3.8) is 0 Å². The topological polar surface area (TPSA) is 67.4 Å². The summed E-state index contributed by atoms with van der Waals surface area (Å²) in [5.74, 6) is 2.08. The molecule has 2 aromatic rings. The van der Waals surface area contributed by atoms with E-state index < -0.39 is 0 Å². The Kier molecular flexibility index (Phi) is 7.46. The van der Waals surface area contributed by atoms with Gasteiger partial charge in [0.1, 0.15) is 11.5 Å². The smallest absolute Gasteiger partial charge is 0.223 e. The maximum atomic E-state index is 12.8. The van der Waals surface area contributed by atoms with E-state index in [-0.39, 0.29) is 29.7 Å². The second-order valence-electron chi connectivity index (χ2n) is 9.28. The molecule has 0 aliphatic heterocycles. The molecule has 0 saturated heterocycles. The Morgan fingerprint density at radius 2 is 1.50 bits per heavy atom. The van der Waals surface area contributed by atoms with E-state index in [0.29, 0.717) is 6.54 Å². The number of hydrogen-bond acceptors (Lipinski definition) is 3. The molecule has 2 fully saturated rings. The van der Waals surface area contributed by atoms with Crippen LogP contribution in [-0.4, -0.2) is 17.9 Å². The number of amides is 2. The Morgan fingerprint density at radius 3 is 2.22 bits per heavy atom. The molecule has 0 unspecified atom stereocenters. The Bertz CT molecular complexity index is 911. The van der Waals surface area contributed by atoms with E-state index in [1.54, 1.807) is 0 Å². The lowest BCUT2D eigenvalue weighted by molar-refractivity contribution is -0.126. The van der Waals surface area contributed by atoms with E-state index in [9.17, 15) is 9.59 Å². The Balaban J connectivity index is 1.25. The van der Waals surface area contributed by atoms with Crippen molar-refractivity contribution in [2.24, 2.45) is 11.8 Å². The van der Waals surface area contributed by atoms with Gasteiger partial charge in [0, 0.05) is 30.0 Å². The zero-order chi connectivity index (χ0) is 22.3. The Labute approximate surface area is 190 Å². The van der Waals surface area contributed by atoms with Crippen molar-refractivity contribution in [1.29, 1.82) is 0 Å². The highest BCUT2D eigenvalue weighted by Crippen LogP contribution is 2.29. The van der Waals surface area contributed by atoms with E-state index in [1.165, 1.54) is 18.4 Å².